The third-order valence-corrected chi connectivity index (χ3v) is 29.6. The first kappa shape index (κ1) is 93.9. The molecule has 0 aromatic carbocycles. The van der Waals surface area contributed by atoms with Crippen molar-refractivity contribution in [3.05, 3.63) is 101 Å². The summed E-state index contributed by atoms with van der Waals surface area (Å²) in [6.45, 7) is 52.9. The van der Waals surface area contributed by atoms with Crippen LogP contribution in [0.15, 0.2) is 101 Å². The molecular formula is C73H129F3N6O22Si4. The van der Waals surface area contributed by atoms with Gasteiger partial charge in [0.2, 0.25) is 0 Å². The van der Waals surface area contributed by atoms with Crippen molar-refractivity contribution in [2.75, 3.05) is 237 Å². The lowest BCUT2D eigenvalue weighted by atomic mass is 10.2. The molecule has 35 heteroatoms. The Balaban J connectivity index is 0.000000228. The topological polar surface area (TPSA) is 265 Å². The summed E-state index contributed by atoms with van der Waals surface area (Å²) in [6, 6.07) is 1.90. The van der Waals surface area contributed by atoms with Gasteiger partial charge in [0, 0.05) is 128 Å². The Morgan fingerprint density at radius 1 is 0.444 bits per heavy atom. The number of carbonyl (C=O) groups excluding carboxylic acids is 1. The monoisotopic (exact) mass is 1610 g/mol. The van der Waals surface area contributed by atoms with E-state index < -0.39 is 53.8 Å². The van der Waals surface area contributed by atoms with Gasteiger partial charge in [-0.25, -0.2) is 4.79 Å². The number of nitrogens with one attached hydrogen (secondary N) is 1. The van der Waals surface area contributed by atoms with Crippen molar-refractivity contribution in [2.24, 2.45) is 5.73 Å². The molecule has 108 heavy (non-hydrogen) atoms. The number of fused-ring (bicyclic) bond motifs is 24. The van der Waals surface area contributed by atoms with Gasteiger partial charge in [-0.05, 0) is 39.2 Å². The highest BCUT2D eigenvalue weighted by Gasteiger charge is 2.53. The minimum absolute atomic E-state index is 0.000724. The zero-order chi connectivity index (χ0) is 77.6. The first-order valence-corrected chi connectivity index (χ1v) is 46.1. The van der Waals surface area contributed by atoms with Gasteiger partial charge >= 0.3 is 47.4 Å². The summed E-state index contributed by atoms with van der Waals surface area (Å²) in [6.07, 6.45) is 10.9. The van der Waals surface area contributed by atoms with E-state index in [2.05, 4.69) is 77.5 Å². The van der Waals surface area contributed by atoms with Crippen molar-refractivity contribution >= 4 is 41.2 Å². The smallest absolute Gasteiger partial charge is 0.462 e. The van der Waals surface area contributed by atoms with Crippen LogP contribution in [0.1, 0.15) is 45.4 Å². The minimum Gasteiger partial charge on any atom is -0.462 e. The molecular weight excluding hydrogens is 1480 g/mol. The van der Waals surface area contributed by atoms with Crippen LogP contribution in [0.5, 0.6) is 0 Å². The molecule has 0 aromatic heterocycles. The second-order valence-corrected chi connectivity index (χ2v) is 38.1. The minimum atomic E-state index is -4.25. The standard InChI is InChI=1S/C24H41NO7Si.C21H35NO7Si.C15H31N3O4Si.C13H22F3NO4Si/c1-4-10-26-17-22-14-25-15-23(18-27-11-5-2)31-33(30-22,13-8-7-9-21-20-29-21)32-24(16-25)19-28-12-6-3;1-5-9-24-16-19-14-22-8-12-27-30(28-19,13-7-11-26-21(23)18(3)4)29-20(15-22)17-25-10-6-2;1-2-9-19-14-15-13-18-7-10-20-23(22-15,21-11-8-18)12-3-5-17-6-4-16;1-2-6-18-11-12-10-17-4-7-19-22(21-12,20-8-5-17)9-3-13(14,15)16/h4-6,21-24H,1-3,7-20H2;5-6,19-20H,1-3,7-17H2,4H3;2,15,17H,1,3-14,16H2;2,12H,1,3-11H2. The highest BCUT2D eigenvalue weighted by molar-refractivity contribution is 6.62. The van der Waals surface area contributed by atoms with Crippen LogP contribution in [0.4, 0.5) is 13.2 Å². The van der Waals surface area contributed by atoms with Gasteiger partial charge in [-0.2, -0.15) is 13.2 Å². The van der Waals surface area contributed by atoms with Crippen molar-refractivity contribution in [1.82, 2.24) is 24.9 Å². The van der Waals surface area contributed by atoms with E-state index in [1.807, 2.05) is 0 Å². The molecule has 620 valence electrons. The van der Waals surface area contributed by atoms with Crippen molar-refractivity contribution in [1.29, 1.82) is 0 Å². The van der Waals surface area contributed by atoms with E-state index in [1.165, 1.54) is 0 Å². The highest BCUT2D eigenvalue weighted by atomic mass is 28.4. The third-order valence-electron chi connectivity index (χ3n) is 17.8. The van der Waals surface area contributed by atoms with Crippen LogP contribution in [-0.4, -0.2) is 353 Å². The van der Waals surface area contributed by atoms with Crippen molar-refractivity contribution in [3.63, 3.8) is 0 Å². The van der Waals surface area contributed by atoms with Gasteiger partial charge in [-0.15, -0.1) is 46.1 Å². The fraction of sp³-hybridized carbons (Fsp3) is 0.767. The van der Waals surface area contributed by atoms with E-state index in [9.17, 15) is 18.0 Å². The molecule has 13 fully saturated rings. The second kappa shape index (κ2) is 53.2. The lowest BCUT2D eigenvalue weighted by Crippen LogP contribution is -2.64. The van der Waals surface area contributed by atoms with Crippen LogP contribution in [0.25, 0.3) is 0 Å². The Kier molecular flexibility index (Phi) is 46.3. The van der Waals surface area contributed by atoms with Gasteiger partial charge in [-0.1, -0.05) is 55.5 Å². The fourth-order valence-electron chi connectivity index (χ4n) is 13.0. The summed E-state index contributed by atoms with van der Waals surface area (Å²) in [5.41, 5.74) is 5.87. The van der Waals surface area contributed by atoms with Gasteiger partial charge in [0.05, 0.1) is 188 Å². The summed E-state index contributed by atoms with van der Waals surface area (Å²) in [5.74, 6) is -0.394. The molecule has 13 aliphatic heterocycles. The number of hydrogen-bond acceptors (Lipinski definition) is 28. The van der Waals surface area contributed by atoms with Gasteiger partial charge in [0.15, 0.2) is 0 Å². The average molecular weight is 1610 g/mol. The van der Waals surface area contributed by atoms with Crippen LogP contribution < -0.4 is 11.1 Å². The predicted octanol–water partition coefficient (Wildman–Crippen LogP) is 6.18. The molecule has 0 saturated carbocycles. The molecule has 8 bridgehead atoms. The first-order valence-electron chi connectivity index (χ1n) is 38.4. The average Bonchev–Trinajstić information content (AvgIpc) is 0.868. The number of nitrogens with two attached hydrogens (primary N) is 1. The lowest BCUT2D eigenvalue weighted by molar-refractivity contribution is -0.139. The zero-order valence-corrected chi connectivity index (χ0v) is 68.3. The summed E-state index contributed by atoms with van der Waals surface area (Å²) in [5, 5.41) is 3.31. The van der Waals surface area contributed by atoms with E-state index in [0.717, 1.165) is 116 Å². The van der Waals surface area contributed by atoms with Gasteiger partial charge in [0.1, 0.15) is 0 Å². The molecule has 0 aromatic rings. The summed E-state index contributed by atoms with van der Waals surface area (Å²) in [7, 11) is -12.0. The third kappa shape index (κ3) is 38.0. The lowest BCUT2D eigenvalue weighted by Gasteiger charge is -2.47. The maximum atomic E-state index is 12.6. The molecule has 0 aliphatic carbocycles. The molecule has 8 atom stereocenters. The predicted molar refractivity (Wildman–Crippen MR) is 410 cm³/mol. The van der Waals surface area contributed by atoms with Crippen LogP contribution in [0.2, 0.25) is 24.2 Å². The second-order valence-electron chi connectivity index (χ2n) is 27.5. The van der Waals surface area contributed by atoms with E-state index in [0.29, 0.717) is 169 Å². The van der Waals surface area contributed by atoms with E-state index in [1.54, 1.807) is 49.5 Å². The van der Waals surface area contributed by atoms with Crippen molar-refractivity contribution < 1.29 is 114 Å². The van der Waals surface area contributed by atoms with Crippen LogP contribution in [0, 0.1) is 0 Å². The Bertz CT molecular complexity index is 2460. The maximum Gasteiger partial charge on any atom is 0.502 e. The van der Waals surface area contributed by atoms with E-state index in [-0.39, 0.29) is 62.0 Å². The number of carbonyl (C=O) groups is 1. The molecule has 13 aliphatic rings. The maximum absolute atomic E-state index is 12.6. The number of unbranched alkanes of at least 4 members (excludes halogenated alkanes) is 1. The number of rotatable bonds is 46. The molecule has 13 rings (SSSR count). The summed E-state index contributed by atoms with van der Waals surface area (Å²) < 4.78 is 163. The van der Waals surface area contributed by atoms with Crippen LogP contribution in [0.3, 0.4) is 0 Å². The number of alkyl halides is 3. The molecule has 28 nitrogen and oxygen atoms in total. The Morgan fingerprint density at radius 3 is 1.13 bits per heavy atom. The quantitative estimate of drug-likeness (QED) is 0.0172. The largest absolute Gasteiger partial charge is 0.502 e. The number of esters is 1. The van der Waals surface area contributed by atoms with E-state index >= 15 is 0 Å². The molecule has 13 heterocycles. The molecule has 8 unspecified atom stereocenters. The van der Waals surface area contributed by atoms with E-state index in [4.69, 9.17) is 101 Å². The first-order chi connectivity index (χ1) is 52.3. The number of epoxide rings is 1. The molecule has 0 radical (unpaired) electrons. The zero-order valence-electron chi connectivity index (χ0n) is 64.3. The van der Waals surface area contributed by atoms with Crippen LogP contribution >= 0.6 is 0 Å². The van der Waals surface area contributed by atoms with Gasteiger partial charge < -0.3 is 107 Å². The highest BCUT2D eigenvalue weighted by Crippen LogP contribution is 2.34. The Hall–Kier alpha value is -2.99. The summed E-state index contributed by atoms with van der Waals surface area (Å²) in [4.78, 5) is 20.7. The normalized spacial score (nSPS) is 31.7. The van der Waals surface area contributed by atoms with Gasteiger partial charge in [0.25, 0.3) is 0 Å². The fourth-order valence-corrected chi connectivity index (χ4v) is 24.4. The number of hydrogen-bond donors (Lipinski definition) is 2. The molecule has 0 spiro atoms. The Labute approximate surface area is 644 Å². The number of ether oxygens (including phenoxy) is 9. The van der Waals surface area contributed by atoms with Crippen molar-refractivity contribution in [3.8, 4) is 0 Å². The number of nitrogens with zero attached hydrogens (tertiary/aromatic N) is 4. The Morgan fingerprint density at radius 2 is 0.769 bits per heavy atom. The molecule has 13 saturated heterocycles. The van der Waals surface area contributed by atoms with Crippen LogP contribution in [-0.2, 0) is 101 Å². The number of halogens is 3. The SMILES string of the molecule is C=CCOCC1CN2CC(COCC=C)O[Si](CCCCC3CO3)(O1)OC(COCC=C)C2.C=CCOCC1CN2CCO[Si](CCC(F)(F)F)(OCC2)O1.C=CCOCC1CN2CCO[Si](CCCNCCN)(OCC2)O1.C=CCOCC1CN2CCO[Si](CCCOC(=O)C(=C)C)(O1)OC(COCC=C)C2. The molecule has 0 amide bonds. The van der Waals surface area contributed by atoms with Gasteiger partial charge in [-0.3, -0.25) is 19.6 Å². The van der Waals surface area contributed by atoms with Crippen molar-refractivity contribution in [2.45, 2.75) is 125 Å². The summed E-state index contributed by atoms with van der Waals surface area (Å²) >= 11 is 0. The molecule has 3 N–H and O–H groups in total.